The minimum atomic E-state index is -4.04. The second kappa shape index (κ2) is 6.95. The zero-order valence-electron chi connectivity index (χ0n) is 8.19. The third-order valence-corrected chi connectivity index (χ3v) is 2.09. The zero-order valence-corrected chi connectivity index (χ0v) is 9.09. The van der Waals surface area contributed by atoms with Gasteiger partial charge in [0.05, 0.1) is 12.8 Å². The smallest absolute Gasteiger partial charge is 0.339 e. The molecule has 0 fully saturated rings. The molecule has 4 N–H and O–H groups in total. The van der Waals surface area contributed by atoms with Crippen molar-refractivity contribution in [2.75, 3.05) is 19.4 Å². The number of hydrogen-bond acceptors (Lipinski definition) is 3. The van der Waals surface area contributed by atoms with Gasteiger partial charge in [-0.1, -0.05) is 13.3 Å². The summed E-state index contributed by atoms with van der Waals surface area (Å²) in [6.07, 6.45) is 1.44. The van der Waals surface area contributed by atoms with Gasteiger partial charge >= 0.3 is 7.60 Å². The molecular weight excluding hydrogens is 207 g/mol. The van der Waals surface area contributed by atoms with Crippen LogP contribution in [0.2, 0.25) is 0 Å². The van der Waals surface area contributed by atoms with Crippen LogP contribution in [0.25, 0.3) is 0 Å². The van der Waals surface area contributed by atoms with Crippen molar-refractivity contribution >= 4 is 13.5 Å². The van der Waals surface area contributed by atoms with Gasteiger partial charge in [0.15, 0.2) is 0 Å². The Labute approximate surface area is 83.2 Å². The Morgan fingerprint density at radius 2 is 2.07 bits per heavy atom. The number of unbranched alkanes of at least 4 members (excludes halogenated alkanes) is 1. The molecule has 0 saturated carbocycles. The first kappa shape index (κ1) is 13.6. The standard InChI is InChI=1S/C7H17N2O4P/c1-2-3-4-9-7(10)5-8-6-14(11,12)13/h8H,2-6H2,1H3,(H,9,10)(H2,11,12,13). The van der Waals surface area contributed by atoms with E-state index in [9.17, 15) is 9.36 Å². The van der Waals surface area contributed by atoms with E-state index in [1.807, 2.05) is 6.92 Å². The number of amides is 1. The van der Waals surface area contributed by atoms with Crippen LogP contribution >= 0.6 is 7.60 Å². The first-order valence-corrected chi connectivity index (χ1v) is 6.27. The van der Waals surface area contributed by atoms with Gasteiger partial charge in [-0.15, -0.1) is 0 Å². The van der Waals surface area contributed by atoms with E-state index in [1.54, 1.807) is 0 Å². The summed E-state index contributed by atoms with van der Waals surface area (Å²) in [4.78, 5) is 27.9. The summed E-state index contributed by atoms with van der Waals surface area (Å²) in [7, 11) is -4.04. The minimum absolute atomic E-state index is 0.0607. The number of carbonyl (C=O) groups excluding carboxylic acids is 1. The Hall–Kier alpha value is -0.420. The molecule has 7 heteroatoms. The van der Waals surface area contributed by atoms with Crippen molar-refractivity contribution in [3.05, 3.63) is 0 Å². The van der Waals surface area contributed by atoms with E-state index in [0.717, 1.165) is 12.8 Å². The summed E-state index contributed by atoms with van der Waals surface area (Å²) in [5.74, 6) is -0.244. The maximum atomic E-state index is 11.0. The largest absolute Gasteiger partial charge is 0.355 e. The SMILES string of the molecule is CCCCNC(=O)CNCP(=O)(O)O. The molecule has 0 aromatic rings. The lowest BCUT2D eigenvalue weighted by Gasteiger charge is -2.06. The molecule has 0 rings (SSSR count). The number of nitrogens with one attached hydrogen (secondary N) is 2. The van der Waals surface area contributed by atoms with E-state index in [2.05, 4.69) is 10.6 Å². The molecule has 0 aliphatic carbocycles. The molecule has 0 radical (unpaired) electrons. The fourth-order valence-electron chi connectivity index (χ4n) is 0.782. The molecule has 6 nitrogen and oxygen atoms in total. The van der Waals surface area contributed by atoms with Crippen LogP contribution in [0.1, 0.15) is 19.8 Å². The monoisotopic (exact) mass is 224 g/mol. The van der Waals surface area contributed by atoms with E-state index in [-0.39, 0.29) is 12.5 Å². The van der Waals surface area contributed by atoms with Gasteiger partial charge in [0.25, 0.3) is 0 Å². The van der Waals surface area contributed by atoms with E-state index in [1.165, 1.54) is 0 Å². The van der Waals surface area contributed by atoms with Crippen molar-refractivity contribution in [1.82, 2.24) is 10.6 Å². The second-order valence-corrected chi connectivity index (χ2v) is 4.60. The average Bonchev–Trinajstić information content (AvgIpc) is 2.02. The third kappa shape index (κ3) is 9.67. The van der Waals surface area contributed by atoms with Crippen molar-refractivity contribution < 1.29 is 19.1 Å². The van der Waals surface area contributed by atoms with Gasteiger partial charge in [0.2, 0.25) is 5.91 Å². The van der Waals surface area contributed by atoms with E-state index < -0.39 is 13.9 Å². The third-order valence-electron chi connectivity index (χ3n) is 1.46. The Bertz CT molecular complexity index is 216. The summed E-state index contributed by atoms with van der Waals surface area (Å²) in [5.41, 5.74) is 0. The van der Waals surface area contributed by atoms with Crippen LogP contribution in [-0.2, 0) is 9.36 Å². The van der Waals surface area contributed by atoms with Gasteiger partial charge in [0, 0.05) is 6.54 Å². The first-order valence-electron chi connectivity index (χ1n) is 4.47. The molecule has 0 saturated heterocycles. The Morgan fingerprint density at radius 3 is 2.57 bits per heavy atom. The van der Waals surface area contributed by atoms with Gasteiger partial charge in [-0.05, 0) is 6.42 Å². The summed E-state index contributed by atoms with van der Waals surface area (Å²) in [6, 6.07) is 0. The average molecular weight is 224 g/mol. The summed E-state index contributed by atoms with van der Waals surface area (Å²) >= 11 is 0. The lowest BCUT2D eigenvalue weighted by molar-refractivity contribution is -0.120. The van der Waals surface area contributed by atoms with Crippen LogP contribution in [0.15, 0.2) is 0 Å². The number of rotatable bonds is 7. The van der Waals surface area contributed by atoms with Crippen LogP contribution in [-0.4, -0.2) is 35.1 Å². The number of carbonyl (C=O) groups is 1. The van der Waals surface area contributed by atoms with E-state index >= 15 is 0 Å². The quantitative estimate of drug-likeness (QED) is 0.349. The Balaban J connectivity index is 3.41. The van der Waals surface area contributed by atoms with Crippen molar-refractivity contribution in [2.24, 2.45) is 0 Å². The zero-order chi connectivity index (χ0) is 11.0. The molecule has 14 heavy (non-hydrogen) atoms. The van der Waals surface area contributed by atoms with Crippen LogP contribution in [0.3, 0.4) is 0 Å². The van der Waals surface area contributed by atoms with Crippen molar-refractivity contribution in [3.63, 3.8) is 0 Å². The van der Waals surface area contributed by atoms with Crippen LogP contribution < -0.4 is 10.6 Å². The predicted molar refractivity (Wildman–Crippen MR) is 52.8 cm³/mol. The van der Waals surface area contributed by atoms with Gasteiger partial charge in [-0.2, -0.15) is 0 Å². The molecule has 0 heterocycles. The summed E-state index contributed by atoms with van der Waals surface area (Å²) in [6.45, 7) is 2.56. The minimum Gasteiger partial charge on any atom is -0.355 e. The fourth-order valence-corrected chi connectivity index (χ4v) is 1.19. The summed E-state index contributed by atoms with van der Waals surface area (Å²) in [5, 5.41) is 4.99. The molecule has 0 unspecified atom stereocenters. The normalized spacial score (nSPS) is 11.4. The van der Waals surface area contributed by atoms with Crippen LogP contribution in [0, 0.1) is 0 Å². The topological polar surface area (TPSA) is 98.7 Å². The second-order valence-electron chi connectivity index (χ2n) is 2.95. The lowest BCUT2D eigenvalue weighted by atomic mass is 10.3. The summed E-state index contributed by atoms with van der Waals surface area (Å²) < 4.78 is 10.4. The molecule has 0 aromatic carbocycles. The number of hydrogen-bond donors (Lipinski definition) is 4. The lowest BCUT2D eigenvalue weighted by Crippen LogP contribution is -2.34. The van der Waals surface area contributed by atoms with Gasteiger partial charge < -0.3 is 15.1 Å². The highest BCUT2D eigenvalue weighted by Crippen LogP contribution is 2.31. The molecule has 0 atom stereocenters. The van der Waals surface area contributed by atoms with Crippen molar-refractivity contribution in [2.45, 2.75) is 19.8 Å². The molecule has 0 aliphatic heterocycles. The van der Waals surface area contributed by atoms with Gasteiger partial charge in [-0.25, -0.2) is 0 Å². The molecule has 0 bridgehead atoms. The Morgan fingerprint density at radius 1 is 1.43 bits per heavy atom. The highest BCUT2D eigenvalue weighted by molar-refractivity contribution is 7.51. The highest BCUT2D eigenvalue weighted by Gasteiger charge is 2.12. The van der Waals surface area contributed by atoms with Crippen LogP contribution in [0.4, 0.5) is 0 Å². The van der Waals surface area contributed by atoms with E-state index in [4.69, 9.17) is 9.79 Å². The van der Waals surface area contributed by atoms with Gasteiger partial charge in [0.1, 0.15) is 0 Å². The molecule has 0 aliphatic rings. The molecule has 1 amide bonds. The van der Waals surface area contributed by atoms with Gasteiger partial charge in [-0.3, -0.25) is 14.7 Å². The maximum absolute atomic E-state index is 11.0. The predicted octanol–water partition coefficient (Wildman–Crippen LogP) is -0.372. The molecular formula is C7H17N2O4P. The van der Waals surface area contributed by atoms with Crippen molar-refractivity contribution in [3.8, 4) is 0 Å². The van der Waals surface area contributed by atoms with Crippen LogP contribution in [0.5, 0.6) is 0 Å². The molecule has 0 spiro atoms. The van der Waals surface area contributed by atoms with E-state index in [0.29, 0.717) is 6.54 Å². The Kier molecular flexibility index (Phi) is 6.74. The fraction of sp³-hybridized carbons (Fsp3) is 0.857. The molecule has 84 valence electrons. The maximum Gasteiger partial charge on any atom is 0.339 e. The van der Waals surface area contributed by atoms with Crippen molar-refractivity contribution in [1.29, 1.82) is 0 Å². The first-order chi connectivity index (χ1) is 6.45. The highest BCUT2D eigenvalue weighted by atomic mass is 31.2. The molecule has 0 aromatic heterocycles.